The minimum atomic E-state index is -0.393. The molecule has 2 heterocycles. The average Bonchev–Trinajstić information content (AvgIpc) is 3.27. The van der Waals surface area contributed by atoms with Crippen LogP contribution in [0.5, 0.6) is 0 Å². The molecule has 0 spiro atoms. The molecule has 192 valence electrons. The van der Waals surface area contributed by atoms with E-state index in [9.17, 15) is 4.79 Å². The van der Waals surface area contributed by atoms with E-state index in [-0.39, 0.29) is 0 Å². The molecule has 1 aliphatic heterocycles. The molecule has 3 aromatic carbocycles. The van der Waals surface area contributed by atoms with Crippen LogP contribution in [0.1, 0.15) is 41.3 Å². The maximum atomic E-state index is 12.2. The molecule has 0 saturated carbocycles. The number of primary amides is 1. The molecule has 1 fully saturated rings. The lowest BCUT2D eigenvalue weighted by Gasteiger charge is -2.35. The van der Waals surface area contributed by atoms with Crippen LogP contribution in [0.15, 0.2) is 72.9 Å². The molecule has 5 nitrogen and oxygen atoms in total. The number of aryl methyl sites for hydroxylation is 1. The highest BCUT2D eigenvalue weighted by molar-refractivity contribution is 6.31. The Hall–Kier alpha value is -3.12. The minimum Gasteiger partial charge on any atom is -0.366 e. The fourth-order valence-corrected chi connectivity index (χ4v) is 5.53. The lowest BCUT2D eigenvalue weighted by Crippen LogP contribution is -2.45. The van der Waals surface area contributed by atoms with Gasteiger partial charge in [-0.3, -0.25) is 14.6 Å². The largest absolute Gasteiger partial charge is 0.366 e. The van der Waals surface area contributed by atoms with Crippen molar-refractivity contribution >= 4 is 28.4 Å². The van der Waals surface area contributed by atoms with Crippen molar-refractivity contribution in [3.8, 4) is 11.1 Å². The van der Waals surface area contributed by atoms with Gasteiger partial charge < -0.3 is 10.3 Å². The minimum absolute atomic E-state index is 0.393. The molecule has 1 amide bonds. The number of carbonyl (C=O) groups is 1. The summed E-state index contributed by atoms with van der Waals surface area (Å²) in [5.41, 5.74) is 12.0. The summed E-state index contributed by atoms with van der Waals surface area (Å²) in [6, 6.07) is 22.6. The first kappa shape index (κ1) is 25.5. The fraction of sp³-hybridized carbons (Fsp3) is 0.323. The van der Waals surface area contributed by atoms with Gasteiger partial charge in [-0.25, -0.2) is 0 Å². The Morgan fingerprint density at radius 2 is 1.59 bits per heavy atom. The maximum absolute atomic E-state index is 12.2. The summed E-state index contributed by atoms with van der Waals surface area (Å²) in [4.78, 5) is 17.2. The number of rotatable bonds is 9. The Balaban J connectivity index is 1.36. The standard InChI is InChI=1S/C31H35ClN4O/c1-2-3-14-36-22-28(25-9-5-6-10-26(25)31(33)37)27-19-23(12-13-30(27)36)20-34-15-17-35(18-16-34)21-24-8-4-7-11-29(24)32/h4-13,19,22H,2-3,14-18,20-21H2,1H3,(H2,33,37). The topological polar surface area (TPSA) is 54.5 Å². The number of halogens is 1. The first-order valence-electron chi connectivity index (χ1n) is 13.2. The van der Waals surface area contributed by atoms with Crippen molar-refractivity contribution in [1.82, 2.24) is 14.4 Å². The van der Waals surface area contributed by atoms with Gasteiger partial charge in [0.1, 0.15) is 0 Å². The van der Waals surface area contributed by atoms with Crippen LogP contribution in [0.3, 0.4) is 0 Å². The van der Waals surface area contributed by atoms with Gasteiger partial charge in [-0.2, -0.15) is 0 Å². The van der Waals surface area contributed by atoms with Crippen LogP contribution in [0.25, 0.3) is 22.0 Å². The number of benzene rings is 3. The highest BCUT2D eigenvalue weighted by Gasteiger charge is 2.20. The third-order valence-corrected chi connectivity index (χ3v) is 7.77. The second-order valence-corrected chi connectivity index (χ2v) is 10.4. The molecule has 6 heteroatoms. The summed E-state index contributed by atoms with van der Waals surface area (Å²) in [6.07, 6.45) is 4.44. The number of nitrogens with zero attached hydrogens (tertiary/aromatic N) is 3. The zero-order valence-electron chi connectivity index (χ0n) is 21.5. The van der Waals surface area contributed by atoms with Crippen molar-refractivity contribution in [1.29, 1.82) is 0 Å². The van der Waals surface area contributed by atoms with Gasteiger partial charge in [0.2, 0.25) is 5.91 Å². The van der Waals surface area contributed by atoms with E-state index in [4.69, 9.17) is 17.3 Å². The number of fused-ring (bicyclic) bond motifs is 1. The predicted octanol–water partition coefficient (Wildman–Crippen LogP) is 6.18. The summed E-state index contributed by atoms with van der Waals surface area (Å²) >= 11 is 6.38. The van der Waals surface area contributed by atoms with E-state index in [1.54, 1.807) is 0 Å². The van der Waals surface area contributed by atoms with Crippen LogP contribution < -0.4 is 5.73 Å². The summed E-state index contributed by atoms with van der Waals surface area (Å²) in [5.74, 6) is -0.393. The predicted molar refractivity (Wildman–Crippen MR) is 153 cm³/mol. The van der Waals surface area contributed by atoms with E-state index in [1.165, 1.54) is 22.0 Å². The molecular formula is C31H35ClN4O. The normalized spacial score (nSPS) is 14.9. The number of unbranched alkanes of at least 4 members (excludes halogenated alkanes) is 1. The molecule has 0 radical (unpaired) electrons. The summed E-state index contributed by atoms with van der Waals surface area (Å²) in [6.45, 7) is 9.07. The Kier molecular flexibility index (Phi) is 7.94. The van der Waals surface area contributed by atoms with Gasteiger partial charge in [-0.15, -0.1) is 0 Å². The average molecular weight is 515 g/mol. The fourth-order valence-electron chi connectivity index (χ4n) is 5.33. The van der Waals surface area contributed by atoms with Gasteiger partial charge in [0.25, 0.3) is 0 Å². The molecule has 0 unspecified atom stereocenters. The van der Waals surface area contributed by atoms with Crippen LogP contribution in [0.4, 0.5) is 0 Å². The first-order chi connectivity index (χ1) is 18.0. The van der Waals surface area contributed by atoms with Crippen molar-refractivity contribution in [2.45, 2.75) is 39.4 Å². The number of amides is 1. The molecule has 1 aliphatic rings. The molecule has 4 aromatic rings. The summed E-state index contributed by atoms with van der Waals surface area (Å²) in [7, 11) is 0. The highest BCUT2D eigenvalue weighted by Crippen LogP contribution is 2.34. The number of hydrogen-bond donors (Lipinski definition) is 1. The Bertz CT molecular complexity index is 1390. The van der Waals surface area contributed by atoms with Crippen LogP contribution in [-0.2, 0) is 19.6 Å². The molecule has 5 rings (SSSR count). The van der Waals surface area contributed by atoms with Crippen molar-refractivity contribution in [2.24, 2.45) is 5.73 Å². The maximum Gasteiger partial charge on any atom is 0.249 e. The van der Waals surface area contributed by atoms with Gasteiger partial charge in [0.15, 0.2) is 0 Å². The van der Waals surface area contributed by atoms with Crippen LogP contribution in [-0.4, -0.2) is 46.5 Å². The zero-order chi connectivity index (χ0) is 25.8. The van der Waals surface area contributed by atoms with E-state index in [0.29, 0.717) is 5.56 Å². The van der Waals surface area contributed by atoms with Crippen molar-refractivity contribution < 1.29 is 4.79 Å². The van der Waals surface area contributed by atoms with Crippen LogP contribution in [0, 0.1) is 0 Å². The lowest BCUT2D eigenvalue weighted by molar-refractivity contribution is 0.100. The van der Waals surface area contributed by atoms with E-state index in [2.05, 4.69) is 57.8 Å². The number of aromatic nitrogens is 1. The molecule has 0 bridgehead atoms. The van der Waals surface area contributed by atoms with E-state index in [0.717, 1.165) is 74.8 Å². The molecule has 0 atom stereocenters. The lowest BCUT2D eigenvalue weighted by atomic mass is 9.98. The number of hydrogen-bond acceptors (Lipinski definition) is 3. The molecule has 37 heavy (non-hydrogen) atoms. The quantitative estimate of drug-likeness (QED) is 0.290. The van der Waals surface area contributed by atoms with Gasteiger partial charge in [0, 0.05) is 79.1 Å². The van der Waals surface area contributed by atoms with Crippen molar-refractivity contribution in [3.63, 3.8) is 0 Å². The second-order valence-electron chi connectivity index (χ2n) is 9.99. The zero-order valence-corrected chi connectivity index (χ0v) is 22.3. The number of nitrogens with two attached hydrogens (primary N) is 1. The first-order valence-corrected chi connectivity index (χ1v) is 13.6. The number of piperazine rings is 1. The van der Waals surface area contributed by atoms with Crippen molar-refractivity contribution in [2.75, 3.05) is 26.2 Å². The summed E-state index contributed by atoms with van der Waals surface area (Å²) in [5, 5.41) is 2.03. The SMILES string of the molecule is CCCCn1cc(-c2ccccc2C(N)=O)c2cc(CN3CCN(Cc4ccccc4Cl)CC3)ccc21. The third-order valence-electron chi connectivity index (χ3n) is 7.40. The van der Waals surface area contributed by atoms with Gasteiger partial charge in [-0.1, -0.05) is 67.4 Å². The number of carbonyl (C=O) groups excluding carboxylic acids is 1. The van der Waals surface area contributed by atoms with Crippen molar-refractivity contribution in [3.05, 3.63) is 94.6 Å². The van der Waals surface area contributed by atoms with E-state index < -0.39 is 5.91 Å². The van der Waals surface area contributed by atoms with Gasteiger partial charge in [0.05, 0.1) is 0 Å². The van der Waals surface area contributed by atoms with Crippen LogP contribution >= 0.6 is 11.6 Å². The van der Waals surface area contributed by atoms with Crippen LogP contribution in [0.2, 0.25) is 5.02 Å². The molecule has 1 saturated heterocycles. The molecule has 0 aliphatic carbocycles. The Labute approximate surface area is 224 Å². The van der Waals surface area contributed by atoms with Gasteiger partial charge in [-0.05, 0) is 47.4 Å². The Morgan fingerprint density at radius 1 is 0.892 bits per heavy atom. The highest BCUT2D eigenvalue weighted by atomic mass is 35.5. The smallest absolute Gasteiger partial charge is 0.249 e. The Morgan fingerprint density at radius 3 is 2.32 bits per heavy atom. The monoisotopic (exact) mass is 514 g/mol. The molecular weight excluding hydrogens is 480 g/mol. The molecule has 2 N–H and O–H groups in total. The van der Waals surface area contributed by atoms with E-state index in [1.807, 2.05) is 36.4 Å². The summed E-state index contributed by atoms with van der Waals surface area (Å²) < 4.78 is 2.32. The third kappa shape index (κ3) is 5.74. The van der Waals surface area contributed by atoms with E-state index >= 15 is 0 Å². The molecule has 1 aromatic heterocycles. The second kappa shape index (κ2) is 11.5. The van der Waals surface area contributed by atoms with Gasteiger partial charge >= 0.3 is 0 Å².